The van der Waals surface area contributed by atoms with E-state index >= 15 is 0 Å². The van der Waals surface area contributed by atoms with Gasteiger partial charge in [-0.1, -0.05) is 25.1 Å². The molecule has 1 saturated heterocycles. The van der Waals surface area contributed by atoms with Crippen LogP contribution in [0.4, 0.5) is 5.69 Å². The Balaban J connectivity index is 1.71. The Kier molecular flexibility index (Phi) is 6.88. The van der Waals surface area contributed by atoms with Gasteiger partial charge in [0.2, 0.25) is 0 Å². The van der Waals surface area contributed by atoms with Gasteiger partial charge in [-0.2, -0.15) is 0 Å². The predicted molar refractivity (Wildman–Crippen MR) is 115 cm³/mol. The number of piperazine rings is 1. The van der Waals surface area contributed by atoms with E-state index < -0.39 is 0 Å². The minimum Gasteiger partial charge on any atom is -0.489 e. The van der Waals surface area contributed by atoms with Gasteiger partial charge in [-0.05, 0) is 50.7 Å². The Morgan fingerprint density at radius 1 is 1.00 bits per heavy atom. The van der Waals surface area contributed by atoms with Gasteiger partial charge in [0, 0.05) is 37.3 Å². The number of anilines is 1. The first-order valence-corrected chi connectivity index (χ1v) is 10.2. The third-order valence-corrected chi connectivity index (χ3v) is 4.98. The fraction of sp³-hybridized carbons (Fsp3) is 0.391. The fourth-order valence-electron chi connectivity index (χ4n) is 3.36. The monoisotopic (exact) mass is 395 g/mol. The molecule has 0 spiro atoms. The molecular formula is C23H29N3O3. The number of carbonyl (C=O) groups is 2. The Hall–Kier alpha value is -2.86. The topological polar surface area (TPSA) is 61.9 Å². The smallest absolute Gasteiger partial charge is 0.255 e. The molecule has 0 radical (unpaired) electrons. The second-order valence-corrected chi connectivity index (χ2v) is 7.42. The van der Waals surface area contributed by atoms with Gasteiger partial charge in [-0.15, -0.1) is 0 Å². The van der Waals surface area contributed by atoms with Crippen molar-refractivity contribution in [2.45, 2.75) is 26.9 Å². The summed E-state index contributed by atoms with van der Waals surface area (Å²) < 4.78 is 5.76. The van der Waals surface area contributed by atoms with E-state index in [4.69, 9.17) is 4.74 Å². The van der Waals surface area contributed by atoms with Gasteiger partial charge in [0.1, 0.15) is 5.75 Å². The molecule has 0 unspecified atom stereocenters. The van der Waals surface area contributed by atoms with E-state index in [-0.39, 0.29) is 17.9 Å². The van der Waals surface area contributed by atoms with Gasteiger partial charge in [-0.25, -0.2) is 0 Å². The van der Waals surface area contributed by atoms with Gasteiger partial charge in [-0.3, -0.25) is 9.59 Å². The molecule has 0 aliphatic carbocycles. The Bertz CT molecular complexity index is 858. The van der Waals surface area contributed by atoms with Crippen molar-refractivity contribution in [1.82, 2.24) is 9.80 Å². The summed E-state index contributed by atoms with van der Waals surface area (Å²) in [5.41, 5.74) is 1.59. The molecular weight excluding hydrogens is 366 g/mol. The third kappa shape index (κ3) is 5.35. The average molecular weight is 396 g/mol. The summed E-state index contributed by atoms with van der Waals surface area (Å²) in [6, 6.07) is 14.2. The van der Waals surface area contributed by atoms with Crippen LogP contribution in [0.25, 0.3) is 0 Å². The van der Waals surface area contributed by atoms with E-state index in [0.717, 1.165) is 19.6 Å². The normalized spacial score (nSPS) is 14.7. The highest BCUT2D eigenvalue weighted by Crippen LogP contribution is 2.25. The molecule has 0 atom stereocenters. The van der Waals surface area contributed by atoms with Crippen LogP contribution >= 0.6 is 0 Å². The van der Waals surface area contributed by atoms with Gasteiger partial charge < -0.3 is 19.9 Å². The number of hydrogen-bond donors (Lipinski definition) is 1. The number of para-hydroxylation sites is 2. The molecule has 2 aromatic rings. The molecule has 1 aliphatic rings. The van der Waals surface area contributed by atoms with Crippen LogP contribution in [-0.2, 0) is 0 Å². The number of hydrogen-bond acceptors (Lipinski definition) is 4. The van der Waals surface area contributed by atoms with Gasteiger partial charge in [0.05, 0.1) is 11.8 Å². The zero-order chi connectivity index (χ0) is 20.8. The SMILES string of the molecule is CCN1CCN(C(=O)c2cccc(C(=O)Nc3ccccc3OC(C)C)c2)CC1. The molecule has 2 aromatic carbocycles. The van der Waals surface area contributed by atoms with Crippen LogP contribution in [0.3, 0.4) is 0 Å². The van der Waals surface area contributed by atoms with Crippen LogP contribution in [0.1, 0.15) is 41.5 Å². The second kappa shape index (κ2) is 9.56. The molecule has 6 nitrogen and oxygen atoms in total. The van der Waals surface area contributed by atoms with Crippen LogP contribution < -0.4 is 10.1 Å². The standard InChI is InChI=1S/C23H29N3O3/c1-4-25-12-14-26(15-13-25)23(28)19-9-7-8-18(16-19)22(27)24-20-10-5-6-11-21(20)29-17(2)3/h5-11,16-17H,4,12-15H2,1-3H3,(H,24,27). The molecule has 1 heterocycles. The van der Waals surface area contributed by atoms with Crippen molar-refractivity contribution in [3.63, 3.8) is 0 Å². The van der Waals surface area contributed by atoms with E-state index in [1.165, 1.54) is 0 Å². The maximum Gasteiger partial charge on any atom is 0.255 e. The zero-order valence-electron chi connectivity index (χ0n) is 17.4. The highest BCUT2D eigenvalue weighted by molar-refractivity contribution is 6.06. The Morgan fingerprint density at radius 2 is 1.69 bits per heavy atom. The number of likely N-dealkylation sites (N-methyl/N-ethyl adjacent to an activating group) is 1. The lowest BCUT2D eigenvalue weighted by Crippen LogP contribution is -2.48. The lowest BCUT2D eigenvalue weighted by Gasteiger charge is -2.34. The summed E-state index contributed by atoms with van der Waals surface area (Å²) in [4.78, 5) is 29.8. The van der Waals surface area contributed by atoms with Crippen molar-refractivity contribution in [3.05, 3.63) is 59.7 Å². The van der Waals surface area contributed by atoms with Crippen LogP contribution in [-0.4, -0.2) is 60.4 Å². The summed E-state index contributed by atoms with van der Waals surface area (Å²) >= 11 is 0. The molecule has 6 heteroatoms. The average Bonchev–Trinajstić information content (AvgIpc) is 2.74. The lowest BCUT2D eigenvalue weighted by molar-refractivity contribution is 0.0643. The van der Waals surface area contributed by atoms with E-state index in [0.29, 0.717) is 35.7 Å². The first-order valence-electron chi connectivity index (χ1n) is 10.2. The van der Waals surface area contributed by atoms with Crippen molar-refractivity contribution in [2.75, 3.05) is 38.0 Å². The number of rotatable bonds is 6. The van der Waals surface area contributed by atoms with E-state index in [1.807, 2.05) is 36.9 Å². The van der Waals surface area contributed by atoms with Crippen molar-refractivity contribution < 1.29 is 14.3 Å². The van der Waals surface area contributed by atoms with E-state index in [1.54, 1.807) is 30.3 Å². The molecule has 0 bridgehead atoms. The molecule has 1 aliphatic heterocycles. The number of amides is 2. The highest BCUT2D eigenvalue weighted by atomic mass is 16.5. The minimum atomic E-state index is -0.268. The molecule has 2 amide bonds. The Labute approximate surface area is 172 Å². The first-order chi connectivity index (χ1) is 14.0. The van der Waals surface area contributed by atoms with Crippen molar-refractivity contribution in [3.8, 4) is 5.75 Å². The van der Waals surface area contributed by atoms with Crippen LogP contribution in [0.5, 0.6) is 5.75 Å². The number of carbonyl (C=O) groups excluding carboxylic acids is 2. The summed E-state index contributed by atoms with van der Waals surface area (Å²) in [5, 5.41) is 2.90. The van der Waals surface area contributed by atoms with Crippen molar-refractivity contribution in [1.29, 1.82) is 0 Å². The third-order valence-electron chi connectivity index (χ3n) is 4.98. The van der Waals surface area contributed by atoms with Crippen molar-refractivity contribution in [2.24, 2.45) is 0 Å². The van der Waals surface area contributed by atoms with Crippen molar-refractivity contribution >= 4 is 17.5 Å². The largest absolute Gasteiger partial charge is 0.489 e. The van der Waals surface area contributed by atoms with Crippen LogP contribution in [0.15, 0.2) is 48.5 Å². The van der Waals surface area contributed by atoms with Gasteiger partial charge >= 0.3 is 0 Å². The van der Waals surface area contributed by atoms with Crippen LogP contribution in [0.2, 0.25) is 0 Å². The van der Waals surface area contributed by atoms with E-state index in [2.05, 4.69) is 17.1 Å². The fourth-order valence-corrected chi connectivity index (χ4v) is 3.36. The molecule has 1 N–H and O–H groups in total. The number of benzene rings is 2. The first kappa shape index (κ1) is 20.9. The molecule has 0 aromatic heterocycles. The zero-order valence-corrected chi connectivity index (χ0v) is 17.4. The molecule has 154 valence electrons. The summed E-state index contributed by atoms with van der Waals surface area (Å²) in [5.74, 6) is 0.325. The number of nitrogens with one attached hydrogen (secondary N) is 1. The minimum absolute atomic E-state index is 0.00202. The van der Waals surface area contributed by atoms with Gasteiger partial charge in [0.15, 0.2) is 0 Å². The summed E-state index contributed by atoms with van der Waals surface area (Å²) in [7, 11) is 0. The van der Waals surface area contributed by atoms with Crippen LogP contribution in [0, 0.1) is 0 Å². The maximum absolute atomic E-state index is 12.9. The quantitative estimate of drug-likeness (QED) is 0.813. The molecule has 0 saturated carbocycles. The Morgan fingerprint density at radius 3 is 2.38 bits per heavy atom. The van der Waals surface area contributed by atoms with E-state index in [9.17, 15) is 9.59 Å². The summed E-state index contributed by atoms with van der Waals surface area (Å²) in [6.45, 7) is 10.2. The summed E-state index contributed by atoms with van der Waals surface area (Å²) in [6.07, 6.45) is 0.00202. The molecule has 3 rings (SSSR count). The number of nitrogens with zero attached hydrogens (tertiary/aromatic N) is 2. The maximum atomic E-state index is 12.9. The number of ether oxygens (including phenoxy) is 1. The predicted octanol–water partition coefficient (Wildman–Crippen LogP) is 3.50. The molecule has 29 heavy (non-hydrogen) atoms. The lowest BCUT2D eigenvalue weighted by atomic mass is 10.1. The second-order valence-electron chi connectivity index (χ2n) is 7.42. The van der Waals surface area contributed by atoms with Gasteiger partial charge in [0.25, 0.3) is 11.8 Å². The highest BCUT2D eigenvalue weighted by Gasteiger charge is 2.22. The molecule has 1 fully saturated rings.